The number of carboxylic acids is 1. The molecule has 0 amide bonds. The third kappa shape index (κ3) is 3.23. The Bertz CT molecular complexity index is 514. The minimum atomic E-state index is -0.791. The summed E-state index contributed by atoms with van der Waals surface area (Å²) in [6.07, 6.45) is 5.78. The van der Waals surface area contributed by atoms with Crippen LogP contribution < -0.4 is 5.32 Å². The van der Waals surface area contributed by atoms with Crippen molar-refractivity contribution >= 4 is 17.8 Å². The molecule has 1 heterocycles. The van der Waals surface area contributed by atoms with Crippen LogP contribution in [0.2, 0.25) is 0 Å². The smallest absolute Gasteiger partial charge is 0.358 e. The molecular formula is C13H17N3O4. The van der Waals surface area contributed by atoms with Gasteiger partial charge in [0, 0.05) is 6.54 Å². The molecule has 1 aromatic heterocycles. The second kappa shape index (κ2) is 5.85. The van der Waals surface area contributed by atoms with Crippen LogP contribution in [-0.4, -0.2) is 40.7 Å². The first-order chi connectivity index (χ1) is 9.54. The van der Waals surface area contributed by atoms with Gasteiger partial charge in [-0.2, -0.15) is 0 Å². The Labute approximate surface area is 116 Å². The number of rotatable bonds is 6. The van der Waals surface area contributed by atoms with Crippen LogP contribution >= 0.6 is 0 Å². The van der Waals surface area contributed by atoms with Crippen LogP contribution in [0, 0.1) is 5.41 Å². The van der Waals surface area contributed by atoms with Crippen molar-refractivity contribution in [3.63, 3.8) is 0 Å². The first-order valence-electron chi connectivity index (χ1n) is 6.41. The second-order valence-corrected chi connectivity index (χ2v) is 5.06. The molecule has 20 heavy (non-hydrogen) atoms. The molecule has 1 aromatic rings. The Balaban J connectivity index is 2.00. The van der Waals surface area contributed by atoms with Crippen LogP contribution in [0.5, 0.6) is 0 Å². The Morgan fingerprint density at radius 1 is 1.45 bits per heavy atom. The van der Waals surface area contributed by atoms with Crippen LogP contribution in [-0.2, 0) is 9.53 Å². The number of esters is 1. The average Bonchev–Trinajstić information content (AvgIpc) is 2.40. The van der Waals surface area contributed by atoms with E-state index in [-0.39, 0.29) is 17.5 Å². The number of hydrogen-bond donors (Lipinski definition) is 2. The number of carbonyl (C=O) groups is 2. The molecule has 0 aromatic carbocycles. The van der Waals surface area contributed by atoms with Crippen molar-refractivity contribution in [2.24, 2.45) is 5.41 Å². The third-order valence-corrected chi connectivity index (χ3v) is 3.61. The number of methoxy groups -OCH3 is 1. The number of carboxylic acid groups (broad SMARTS) is 1. The Morgan fingerprint density at radius 2 is 2.20 bits per heavy atom. The van der Waals surface area contributed by atoms with Crippen molar-refractivity contribution in [1.82, 2.24) is 9.97 Å². The van der Waals surface area contributed by atoms with E-state index in [1.807, 2.05) is 0 Å². The maximum Gasteiger partial charge on any atom is 0.358 e. The number of aromatic nitrogens is 2. The van der Waals surface area contributed by atoms with Gasteiger partial charge in [0.15, 0.2) is 5.69 Å². The summed E-state index contributed by atoms with van der Waals surface area (Å²) in [5, 5.41) is 12.0. The summed E-state index contributed by atoms with van der Waals surface area (Å²) in [6.45, 7) is 0.513. The lowest BCUT2D eigenvalue weighted by Gasteiger charge is -2.40. The topological polar surface area (TPSA) is 101 Å². The first kappa shape index (κ1) is 14.2. The van der Waals surface area contributed by atoms with Gasteiger partial charge >= 0.3 is 11.9 Å². The van der Waals surface area contributed by atoms with E-state index in [0.29, 0.717) is 12.4 Å². The minimum absolute atomic E-state index is 0.124. The highest BCUT2D eigenvalue weighted by Gasteiger charge is 2.38. The minimum Gasteiger partial charge on any atom is -0.481 e. The molecule has 1 fully saturated rings. The molecule has 0 atom stereocenters. The number of aliphatic carboxylic acids is 1. The van der Waals surface area contributed by atoms with E-state index in [2.05, 4.69) is 20.0 Å². The predicted octanol–water partition coefficient (Wildman–Crippen LogP) is 1.32. The molecule has 1 aliphatic carbocycles. The van der Waals surface area contributed by atoms with Gasteiger partial charge in [-0.1, -0.05) is 6.42 Å². The zero-order valence-electron chi connectivity index (χ0n) is 11.3. The quantitative estimate of drug-likeness (QED) is 0.757. The highest BCUT2D eigenvalue weighted by molar-refractivity contribution is 5.87. The summed E-state index contributed by atoms with van der Waals surface area (Å²) in [6, 6.07) is 0. The highest BCUT2D eigenvalue weighted by atomic mass is 16.5. The molecule has 0 bridgehead atoms. The Morgan fingerprint density at radius 3 is 2.75 bits per heavy atom. The Hall–Kier alpha value is -2.18. The molecule has 2 rings (SSSR count). The fourth-order valence-corrected chi connectivity index (χ4v) is 2.35. The molecule has 0 unspecified atom stereocenters. The van der Waals surface area contributed by atoms with Crippen molar-refractivity contribution in [2.75, 3.05) is 19.0 Å². The van der Waals surface area contributed by atoms with Crippen LogP contribution in [0.15, 0.2) is 12.4 Å². The number of ether oxygens (including phenoxy) is 1. The number of nitrogens with zero attached hydrogens (tertiary/aromatic N) is 2. The zero-order valence-corrected chi connectivity index (χ0v) is 11.3. The fourth-order valence-electron chi connectivity index (χ4n) is 2.35. The van der Waals surface area contributed by atoms with Crippen molar-refractivity contribution in [3.8, 4) is 0 Å². The van der Waals surface area contributed by atoms with Gasteiger partial charge in [-0.25, -0.2) is 9.78 Å². The van der Waals surface area contributed by atoms with Crippen molar-refractivity contribution in [1.29, 1.82) is 0 Å². The second-order valence-electron chi connectivity index (χ2n) is 5.06. The van der Waals surface area contributed by atoms with Crippen molar-refractivity contribution in [3.05, 3.63) is 18.1 Å². The standard InChI is InChI=1S/C13H17N3O4/c1-20-12(19)9-6-14-7-10(16-9)15-8-13(3-2-4-13)5-11(17)18/h6-7H,2-5,8H2,1H3,(H,15,16)(H,17,18). The summed E-state index contributed by atoms with van der Waals surface area (Å²) in [4.78, 5) is 30.2. The zero-order chi connectivity index (χ0) is 14.6. The summed E-state index contributed by atoms with van der Waals surface area (Å²) in [5.74, 6) is -0.893. The Kier molecular flexibility index (Phi) is 4.16. The van der Waals surface area contributed by atoms with E-state index in [4.69, 9.17) is 5.11 Å². The van der Waals surface area contributed by atoms with Gasteiger partial charge < -0.3 is 15.2 Å². The molecule has 1 aliphatic rings. The average molecular weight is 279 g/mol. The van der Waals surface area contributed by atoms with Crippen molar-refractivity contribution in [2.45, 2.75) is 25.7 Å². The molecule has 1 saturated carbocycles. The molecule has 0 radical (unpaired) electrons. The lowest BCUT2D eigenvalue weighted by atomic mass is 9.66. The van der Waals surface area contributed by atoms with Gasteiger partial charge in [-0.05, 0) is 18.3 Å². The largest absolute Gasteiger partial charge is 0.481 e. The van der Waals surface area contributed by atoms with Gasteiger partial charge in [0.05, 0.1) is 25.9 Å². The van der Waals surface area contributed by atoms with Crippen LogP contribution in [0.1, 0.15) is 36.2 Å². The molecule has 7 nitrogen and oxygen atoms in total. The summed E-state index contributed by atoms with van der Waals surface area (Å²) < 4.78 is 4.57. The molecule has 2 N–H and O–H groups in total. The lowest BCUT2D eigenvalue weighted by molar-refractivity contribution is -0.141. The number of carbonyl (C=O) groups excluding carboxylic acids is 1. The van der Waals surface area contributed by atoms with E-state index < -0.39 is 11.9 Å². The highest BCUT2D eigenvalue weighted by Crippen LogP contribution is 2.43. The third-order valence-electron chi connectivity index (χ3n) is 3.61. The molecule has 108 valence electrons. The van der Waals surface area contributed by atoms with E-state index in [0.717, 1.165) is 19.3 Å². The lowest BCUT2D eigenvalue weighted by Crippen LogP contribution is -2.38. The van der Waals surface area contributed by atoms with Gasteiger partial charge in [0.1, 0.15) is 5.82 Å². The molecule has 0 aliphatic heterocycles. The van der Waals surface area contributed by atoms with E-state index in [1.54, 1.807) is 0 Å². The maximum atomic E-state index is 11.3. The van der Waals surface area contributed by atoms with Crippen LogP contribution in [0.25, 0.3) is 0 Å². The number of hydrogen-bond acceptors (Lipinski definition) is 6. The predicted molar refractivity (Wildman–Crippen MR) is 70.4 cm³/mol. The normalized spacial score (nSPS) is 16.1. The summed E-state index contributed by atoms with van der Waals surface area (Å²) >= 11 is 0. The van der Waals surface area contributed by atoms with Gasteiger partial charge in [-0.3, -0.25) is 9.78 Å². The molecular weight excluding hydrogens is 262 g/mol. The van der Waals surface area contributed by atoms with E-state index in [9.17, 15) is 9.59 Å². The van der Waals surface area contributed by atoms with E-state index >= 15 is 0 Å². The summed E-state index contributed by atoms with van der Waals surface area (Å²) in [7, 11) is 1.28. The van der Waals surface area contributed by atoms with Crippen LogP contribution in [0.3, 0.4) is 0 Å². The van der Waals surface area contributed by atoms with Crippen LogP contribution in [0.4, 0.5) is 5.82 Å². The fraction of sp³-hybridized carbons (Fsp3) is 0.538. The summed E-state index contributed by atoms with van der Waals surface area (Å²) in [5.41, 5.74) is -0.0900. The number of anilines is 1. The van der Waals surface area contributed by atoms with Gasteiger partial charge in [0.25, 0.3) is 0 Å². The van der Waals surface area contributed by atoms with E-state index in [1.165, 1.54) is 19.5 Å². The van der Waals surface area contributed by atoms with Gasteiger partial charge in [-0.15, -0.1) is 0 Å². The SMILES string of the molecule is COC(=O)c1cncc(NCC2(CC(=O)O)CCC2)n1. The monoisotopic (exact) mass is 279 g/mol. The first-order valence-corrected chi connectivity index (χ1v) is 6.41. The molecule has 0 spiro atoms. The van der Waals surface area contributed by atoms with Gasteiger partial charge in [0.2, 0.25) is 0 Å². The number of nitrogens with one attached hydrogen (secondary N) is 1. The molecule has 0 saturated heterocycles. The molecule has 7 heteroatoms. The maximum absolute atomic E-state index is 11.3. The van der Waals surface area contributed by atoms with Crippen molar-refractivity contribution < 1.29 is 19.4 Å².